The minimum Gasteiger partial charge on any atom is -0.481 e. The Balaban J connectivity index is 1.56. The van der Waals surface area contributed by atoms with Crippen molar-refractivity contribution in [2.45, 2.75) is 35.5 Å². The molecule has 0 spiro atoms. The molecule has 0 aliphatic heterocycles. The highest BCUT2D eigenvalue weighted by molar-refractivity contribution is 8.23. The van der Waals surface area contributed by atoms with Crippen molar-refractivity contribution in [3.05, 3.63) is 83.9 Å². The van der Waals surface area contributed by atoms with Crippen LogP contribution in [-0.2, 0) is 32.3 Å². The number of hydrogen-bond donors (Lipinski definition) is 4. The Morgan fingerprint density at radius 1 is 0.622 bits per heavy atom. The van der Waals surface area contributed by atoms with Crippen molar-refractivity contribution in [1.29, 1.82) is 0 Å². The maximum atomic E-state index is 12.2. The summed E-state index contributed by atoms with van der Waals surface area (Å²) in [4.78, 5) is 28.9. The van der Waals surface area contributed by atoms with Gasteiger partial charge in [-0.2, -0.15) is 10.6 Å². The van der Waals surface area contributed by atoms with E-state index in [1.54, 1.807) is 36.4 Å². The highest BCUT2D eigenvalue weighted by Gasteiger charge is 2.20. The first-order valence-corrected chi connectivity index (χ1v) is 19.9. The predicted molar refractivity (Wildman–Crippen MR) is 184 cm³/mol. The fourth-order valence-electron chi connectivity index (χ4n) is 4.77. The molecule has 0 fully saturated rings. The number of carboxylic acid groups (broad SMARTS) is 2. The Labute approximate surface area is 274 Å². The second kappa shape index (κ2) is 13.2. The molecule has 0 saturated heterocycles. The molecule has 5 aromatic rings. The van der Waals surface area contributed by atoms with Gasteiger partial charge in [0.25, 0.3) is 0 Å². The highest BCUT2D eigenvalue weighted by Crippen LogP contribution is 2.49. The molecule has 0 unspecified atom stereocenters. The molecule has 3 aromatic heterocycles. The second-order valence-corrected chi connectivity index (χ2v) is 17.9. The van der Waals surface area contributed by atoms with E-state index in [9.17, 15) is 37.3 Å². The van der Waals surface area contributed by atoms with E-state index in [0.29, 0.717) is 17.7 Å². The molecule has 3 heterocycles. The van der Waals surface area contributed by atoms with Gasteiger partial charge in [0.1, 0.15) is 0 Å². The number of rotatable bonds is 12. The maximum absolute atomic E-state index is 12.2. The number of carboxylic acids is 2. The van der Waals surface area contributed by atoms with Gasteiger partial charge in [-0.25, -0.2) is 8.42 Å². The molecule has 0 atom stereocenters. The van der Waals surface area contributed by atoms with Crippen LogP contribution in [0.4, 0.5) is 0 Å². The predicted octanol–water partition coefficient (Wildman–Crippen LogP) is 8.72. The molecule has 0 amide bonds. The lowest BCUT2D eigenvalue weighted by Crippen LogP contribution is -1.97. The van der Waals surface area contributed by atoms with Crippen LogP contribution in [0.5, 0.6) is 0 Å². The van der Waals surface area contributed by atoms with Gasteiger partial charge in [0, 0.05) is 54.6 Å². The van der Waals surface area contributed by atoms with Gasteiger partial charge in [0.05, 0.1) is 9.79 Å². The average molecular weight is 703 g/mol. The van der Waals surface area contributed by atoms with Crippen molar-refractivity contribution in [2.24, 2.45) is 0 Å². The van der Waals surface area contributed by atoms with Crippen LogP contribution in [0.3, 0.4) is 0 Å². The fourth-order valence-corrected chi connectivity index (χ4v) is 9.83. The molecule has 8 nitrogen and oxygen atoms in total. The van der Waals surface area contributed by atoms with Gasteiger partial charge < -0.3 is 10.2 Å². The molecule has 0 saturated carbocycles. The van der Waals surface area contributed by atoms with Gasteiger partial charge in [-0.3, -0.25) is 18.7 Å². The smallest absolute Gasteiger partial charge is 0.303 e. The van der Waals surface area contributed by atoms with Crippen molar-refractivity contribution >= 4 is 66.4 Å². The summed E-state index contributed by atoms with van der Waals surface area (Å²) in [5, 5.41) is 18.8. The van der Waals surface area contributed by atoms with E-state index >= 15 is 0 Å². The summed E-state index contributed by atoms with van der Waals surface area (Å²) in [5.41, 5.74) is 3.25. The standard InChI is InChI=1S/C32H30O8S5/c1-44(37,38)23-7-3-5-19(15-23)27-17-21(9-13-29(33)34)31(42-27)25-11-12-26(41-25)32-22(10-14-30(35)36)18-28(43-32)20-6-4-8-24(16-20)45(2,39)40/h3-8,11-12,15-18,37-38H,9-10,13-14H2,1-2H3,(H,33,34)(H,35,36). The zero-order valence-electron chi connectivity index (χ0n) is 24.2. The van der Waals surface area contributed by atoms with Gasteiger partial charge in [0.15, 0.2) is 9.84 Å². The van der Waals surface area contributed by atoms with Crippen molar-refractivity contribution in [3.8, 4) is 40.4 Å². The zero-order valence-corrected chi connectivity index (χ0v) is 28.3. The van der Waals surface area contributed by atoms with Crippen LogP contribution in [0.2, 0.25) is 0 Å². The number of sulfone groups is 1. The van der Waals surface area contributed by atoms with Crippen molar-refractivity contribution in [3.63, 3.8) is 0 Å². The average Bonchev–Trinajstić information content (AvgIpc) is 3.72. The quantitative estimate of drug-likeness (QED) is 0.101. The maximum Gasteiger partial charge on any atom is 0.303 e. The number of hydrogen-bond acceptors (Lipinski definition) is 9. The van der Waals surface area contributed by atoms with Crippen LogP contribution in [0.15, 0.2) is 82.6 Å². The van der Waals surface area contributed by atoms with E-state index in [4.69, 9.17) is 0 Å². The SMILES string of the molecule is CS(O)(O)c1cccc(-c2cc(CCC(=O)O)c(-c3ccc(-c4sc(-c5cccc(S(C)(=O)=O)c5)cc4CCC(=O)O)s3)s2)c1. The molecule has 2 aromatic carbocycles. The van der Waals surface area contributed by atoms with Gasteiger partial charge in [0.2, 0.25) is 0 Å². The summed E-state index contributed by atoms with van der Waals surface area (Å²) in [6.45, 7) is 0. The first-order valence-electron chi connectivity index (χ1n) is 13.6. The van der Waals surface area contributed by atoms with Crippen LogP contribution in [-0.4, -0.2) is 52.2 Å². The Morgan fingerprint density at radius 2 is 1.07 bits per heavy atom. The lowest BCUT2D eigenvalue weighted by atomic mass is 10.1. The van der Waals surface area contributed by atoms with Crippen LogP contribution >= 0.6 is 44.6 Å². The molecule has 236 valence electrons. The Bertz CT molecular complexity index is 1990. The number of benzene rings is 2. The van der Waals surface area contributed by atoms with Crippen LogP contribution in [0.1, 0.15) is 24.0 Å². The van der Waals surface area contributed by atoms with Gasteiger partial charge in [-0.1, -0.05) is 24.3 Å². The molecule has 0 bridgehead atoms. The summed E-state index contributed by atoms with van der Waals surface area (Å²) >= 11 is 4.50. The molecule has 4 N–H and O–H groups in total. The monoisotopic (exact) mass is 702 g/mol. The molecule has 13 heteroatoms. The molecule has 45 heavy (non-hydrogen) atoms. The van der Waals surface area contributed by atoms with E-state index in [1.165, 1.54) is 40.3 Å². The summed E-state index contributed by atoms with van der Waals surface area (Å²) in [6, 6.07) is 21.6. The van der Waals surface area contributed by atoms with Crippen molar-refractivity contribution in [2.75, 3.05) is 12.5 Å². The number of thiophene rings is 3. The van der Waals surface area contributed by atoms with Crippen LogP contribution < -0.4 is 0 Å². The topological polar surface area (TPSA) is 149 Å². The van der Waals surface area contributed by atoms with Crippen molar-refractivity contribution < 1.29 is 37.3 Å². The first-order chi connectivity index (χ1) is 21.2. The molecule has 0 aliphatic rings. The molecular formula is C32H30O8S5. The van der Waals surface area contributed by atoms with Gasteiger partial charge in [-0.15, -0.1) is 34.0 Å². The molecule has 5 rings (SSSR count). The van der Waals surface area contributed by atoms with Crippen molar-refractivity contribution in [1.82, 2.24) is 0 Å². The molecular weight excluding hydrogens is 673 g/mol. The highest BCUT2D eigenvalue weighted by atomic mass is 32.3. The zero-order chi connectivity index (χ0) is 32.5. The van der Waals surface area contributed by atoms with E-state index in [1.807, 2.05) is 36.4 Å². The van der Waals surface area contributed by atoms with E-state index in [-0.39, 0.29) is 17.7 Å². The summed E-state index contributed by atoms with van der Waals surface area (Å²) < 4.78 is 44.7. The normalized spacial score (nSPS) is 12.4. The molecule has 0 radical (unpaired) electrons. The third-order valence-corrected chi connectivity index (χ3v) is 13.2. The van der Waals surface area contributed by atoms with Crippen LogP contribution in [0, 0.1) is 0 Å². The Kier molecular flexibility index (Phi) is 9.70. The minimum atomic E-state index is -3.41. The van der Waals surface area contributed by atoms with Crippen LogP contribution in [0.25, 0.3) is 40.4 Å². The number of carbonyl (C=O) groups is 2. The lowest BCUT2D eigenvalue weighted by Gasteiger charge is -2.27. The third-order valence-electron chi connectivity index (χ3n) is 7.00. The summed E-state index contributed by atoms with van der Waals surface area (Å²) in [5.74, 6) is -1.82. The van der Waals surface area contributed by atoms with Gasteiger partial charge >= 0.3 is 11.9 Å². The number of aryl methyl sites for hydroxylation is 2. The first kappa shape index (κ1) is 33.1. The fraction of sp³-hybridized carbons (Fsp3) is 0.188. The van der Waals surface area contributed by atoms with Gasteiger partial charge in [-0.05, 0) is 83.6 Å². The Hall–Kier alpha value is -3.30. The second-order valence-electron chi connectivity index (χ2n) is 10.5. The van der Waals surface area contributed by atoms with E-state index < -0.39 is 32.4 Å². The third kappa shape index (κ3) is 7.93. The van der Waals surface area contributed by atoms with E-state index in [0.717, 1.165) is 57.8 Å². The van der Waals surface area contributed by atoms with E-state index in [2.05, 4.69) is 0 Å². The largest absolute Gasteiger partial charge is 0.481 e. The Morgan fingerprint density at radius 3 is 1.49 bits per heavy atom. The summed E-state index contributed by atoms with van der Waals surface area (Å²) in [6.07, 6.45) is 3.06. The minimum absolute atomic E-state index is 0.0445. The lowest BCUT2D eigenvalue weighted by molar-refractivity contribution is -0.138. The number of aliphatic carboxylic acids is 2. The molecule has 0 aliphatic carbocycles. The summed E-state index contributed by atoms with van der Waals surface area (Å²) in [7, 11) is -6.33.